The number of amides is 2. The minimum absolute atomic E-state index is 0.00705. The zero-order valence-corrected chi connectivity index (χ0v) is 25.5. The van der Waals surface area contributed by atoms with Crippen LogP contribution in [0.2, 0.25) is 0 Å². The van der Waals surface area contributed by atoms with E-state index in [1.807, 2.05) is 59.5 Å². The van der Waals surface area contributed by atoms with E-state index in [2.05, 4.69) is 15.5 Å². The number of thiocarbonyl (C=S) groups is 1. The highest BCUT2D eigenvalue weighted by Gasteiger charge is 2.49. The molecule has 1 saturated carbocycles. The van der Waals surface area contributed by atoms with Crippen LogP contribution in [0.5, 0.6) is 0 Å². The second-order valence-corrected chi connectivity index (χ2v) is 12.1. The fourth-order valence-electron chi connectivity index (χ4n) is 6.53. The number of ether oxygens (including phenoxy) is 1. The van der Waals surface area contributed by atoms with E-state index in [1.165, 1.54) is 6.07 Å². The van der Waals surface area contributed by atoms with Gasteiger partial charge in [0.25, 0.3) is 0 Å². The molecule has 3 fully saturated rings. The number of halogens is 1. The van der Waals surface area contributed by atoms with Crippen LogP contribution in [0, 0.1) is 5.82 Å². The number of hydrogen-bond acceptors (Lipinski definition) is 5. The lowest BCUT2D eigenvalue weighted by Gasteiger charge is -2.41. The first-order chi connectivity index (χ1) is 21.4. The van der Waals surface area contributed by atoms with Crippen molar-refractivity contribution in [3.63, 3.8) is 0 Å². The van der Waals surface area contributed by atoms with E-state index in [1.54, 1.807) is 23.1 Å². The summed E-state index contributed by atoms with van der Waals surface area (Å²) in [6, 6.07) is 24.2. The van der Waals surface area contributed by atoms with Crippen molar-refractivity contribution in [3.8, 4) is 0 Å². The summed E-state index contributed by atoms with van der Waals surface area (Å²) in [4.78, 5) is 34.2. The molecule has 0 bridgehead atoms. The maximum absolute atomic E-state index is 15.0. The first kappa shape index (κ1) is 30.0. The number of benzene rings is 3. The van der Waals surface area contributed by atoms with Crippen LogP contribution < -0.4 is 15.5 Å². The highest BCUT2D eigenvalue weighted by molar-refractivity contribution is 7.80. The fraction of sp³-hybridized carbons (Fsp3) is 0.382. The smallest absolute Gasteiger partial charge is 0.250 e. The first-order valence-corrected chi connectivity index (χ1v) is 15.7. The van der Waals surface area contributed by atoms with Gasteiger partial charge in [0.2, 0.25) is 11.8 Å². The van der Waals surface area contributed by atoms with Crippen molar-refractivity contribution in [2.75, 3.05) is 49.6 Å². The van der Waals surface area contributed by atoms with Crippen molar-refractivity contribution in [2.24, 2.45) is 0 Å². The summed E-state index contributed by atoms with van der Waals surface area (Å²) in [5.41, 5.74) is 2.07. The van der Waals surface area contributed by atoms with E-state index in [9.17, 15) is 14.0 Å². The van der Waals surface area contributed by atoms with Gasteiger partial charge in [-0.1, -0.05) is 61.4 Å². The van der Waals surface area contributed by atoms with E-state index in [0.29, 0.717) is 49.0 Å². The summed E-state index contributed by atoms with van der Waals surface area (Å²) < 4.78 is 20.4. The SMILES string of the molecule is O=C(CN1C[C@H](c2ccccc2)NC1=S)N(Cc1ccccc1F)C1(C(=O)Nc2ccc(N3CCOCC3)cc2)CCCC1. The largest absolute Gasteiger partial charge is 0.378 e. The van der Waals surface area contributed by atoms with Crippen molar-refractivity contribution in [3.05, 3.63) is 95.8 Å². The Morgan fingerprint density at radius 1 is 0.977 bits per heavy atom. The third-order valence-corrected chi connectivity index (χ3v) is 9.35. The topological polar surface area (TPSA) is 77.2 Å². The van der Waals surface area contributed by atoms with E-state index in [-0.39, 0.29) is 30.9 Å². The second kappa shape index (κ2) is 13.3. The standard InChI is InChI=1S/C34H38FN5O3S/c35-29-11-5-4-10-26(29)22-40(31(41)24-39-23-30(37-33(39)44)25-8-2-1-3-9-25)34(16-6-7-17-34)32(42)36-27-12-14-28(15-13-27)38-18-20-43-21-19-38/h1-5,8-15,30H,6-7,16-24H2,(H,36,42)(H,37,44)/t30-/m1/s1. The summed E-state index contributed by atoms with van der Waals surface area (Å²) in [6.07, 6.45) is 2.59. The molecule has 6 rings (SSSR count). The summed E-state index contributed by atoms with van der Waals surface area (Å²) >= 11 is 5.63. The number of morpholine rings is 1. The number of carbonyl (C=O) groups excluding carboxylic acids is 2. The first-order valence-electron chi connectivity index (χ1n) is 15.3. The van der Waals surface area contributed by atoms with Gasteiger partial charge in [-0.05, 0) is 61.0 Å². The molecule has 0 unspecified atom stereocenters. The third kappa shape index (κ3) is 6.42. The molecule has 3 aromatic carbocycles. The summed E-state index contributed by atoms with van der Waals surface area (Å²) in [7, 11) is 0. The molecular formula is C34H38FN5O3S. The number of carbonyl (C=O) groups is 2. The Hall–Kier alpha value is -4.02. The normalized spacial score (nSPS) is 19.5. The molecule has 0 radical (unpaired) electrons. The summed E-state index contributed by atoms with van der Waals surface area (Å²) in [5.74, 6) is -0.908. The van der Waals surface area contributed by atoms with Crippen molar-refractivity contribution in [2.45, 2.75) is 43.8 Å². The molecule has 2 aliphatic heterocycles. The number of rotatable bonds is 9. The summed E-state index contributed by atoms with van der Waals surface area (Å²) in [5, 5.41) is 6.91. The van der Waals surface area contributed by atoms with Gasteiger partial charge in [0, 0.05) is 43.1 Å². The van der Waals surface area contributed by atoms with Crippen molar-refractivity contribution in [1.82, 2.24) is 15.1 Å². The predicted octanol–water partition coefficient (Wildman–Crippen LogP) is 4.87. The molecule has 8 nitrogen and oxygen atoms in total. The van der Waals surface area contributed by atoms with Crippen molar-refractivity contribution in [1.29, 1.82) is 0 Å². The van der Waals surface area contributed by atoms with Gasteiger partial charge in [0.05, 0.1) is 25.8 Å². The Balaban J connectivity index is 1.24. The van der Waals surface area contributed by atoms with E-state index in [0.717, 1.165) is 37.2 Å². The zero-order valence-electron chi connectivity index (χ0n) is 24.7. The molecule has 2 saturated heterocycles. The fourth-order valence-corrected chi connectivity index (χ4v) is 6.81. The number of nitrogens with zero attached hydrogens (tertiary/aromatic N) is 3. The Labute approximate surface area is 263 Å². The van der Waals surface area contributed by atoms with Gasteiger partial charge >= 0.3 is 0 Å². The van der Waals surface area contributed by atoms with Crippen LogP contribution in [0.3, 0.4) is 0 Å². The van der Waals surface area contributed by atoms with Crippen LogP contribution in [0.4, 0.5) is 15.8 Å². The lowest BCUT2D eigenvalue weighted by atomic mass is 9.92. The van der Waals surface area contributed by atoms with Crippen LogP contribution in [-0.2, 0) is 20.9 Å². The van der Waals surface area contributed by atoms with Crippen LogP contribution in [0.15, 0.2) is 78.9 Å². The number of hydrogen-bond donors (Lipinski definition) is 2. The molecule has 3 aromatic rings. The molecule has 2 amide bonds. The quantitative estimate of drug-likeness (QED) is 0.333. The van der Waals surface area contributed by atoms with E-state index < -0.39 is 11.4 Å². The van der Waals surface area contributed by atoms with Crippen LogP contribution in [0.1, 0.15) is 42.9 Å². The summed E-state index contributed by atoms with van der Waals surface area (Å²) in [6.45, 7) is 3.54. The molecular weight excluding hydrogens is 577 g/mol. The molecule has 2 N–H and O–H groups in total. The molecule has 1 atom stereocenters. The average Bonchev–Trinajstić information content (AvgIpc) is 3.69. The molecule has 3 aliphatic rings. The average molecular weight is 616 g/mol. The molecule has 10 heteroatoms. The van der Waals surface area contributed by atoms with Gasteiger partial charge in [-0.25, -0.2) is 4.39 Å². The van der Waals surface area contributed by atoms with Gasteiger partial charge in [0.1, 0.15) is 11.4 Å². The number of nitrogens with one attached hydrogen (secondary N) is 2. The monoisotopic (exact) mass is 615 g/mol. The second-order valence-electron chi connectivity index (χ2n) is 11.7. The number of anilines is 2. The Morgan fingerprint density at radius 2 is 1.66 bits per heavy atom. The molecule has 44 heavy (non-hydrogen) atoms. The lowest BCUT2D eigenvalue weighted by Crippen LogP contribution is -2.59. The molecule has 1 aliphatic carbocycles. The van der Waals surface area contributed by atoms with Crippen LogP contribution in [0.25, 0.3) is 0 Å². The Kier molecular flexibility index (Phi) is 9.09. The van der Waals surface area contributed by atoms with Crippen molar-refractivity contribution < 1.29 is 18.7 Å². The minimum atomic E-state index is -1.12. The van der Waals surface area contributed by atoms with Gasteiger partial charge in [-0.3, -0.25) is 9.59 Å². The van der Waals surface area contributed by atoms with Gasteiger partial charge < -0.3 is 30.1 Å². The van der Waals surface area contributed by atoms with Crippen molar-refractivity contribution >= 4 is 40.5 Å². The van der Waals surface area contributed by atoms with Gasteiger partial charge in [0.15, 0.2) is 5.11 Å². The van der Waals surface area contributed by atoms with Crippen LogP contribution in [-0.4, -0.2) is 71.7 Å². The third-order valence-electron chi connectivity index (χ3n) is 8.97. The predicted molar refractivity (Wildman–Crippen MR) is 173 cm³/mol. The highest BCUT2D eigenvalue weighted by atomic mass is 32.1. The molecule has 2 heterocycles. The molecule has 0 spiro atoms. The Morgan fingerprint density at radius 3 is 2.36 bits per heavy atom. The zero-order chi connectivity index (χ0) is 30.5. The molecule has 230 valence electrons. The van der Waals surface area contributed by atoms with E-state index in [4.69, 9.17) is 17.0 Å². The highest BCUT2D eigenvalue weighted by Crippen LogP contribution is 2.38. The Bertz CT molecular complexity index is 1480. The van der Waals surface area contributed by atoms with Crippen LogP contribution >= 0.6 is 12.2 Å². The molecule has 0 aromatic heterocycles. The lowest BCUT2D eigenvalue weighted by molar-refractivity contribution is -0.146. The van der Waals surface area contributed by atoms with Gasteiger partial charge in [-0.15, -0.1) is 0 Å². The van der Waals surface area contributed by atoms with Gasteiger partial charge in [-0.2, -0.15) is 0 Å². The van der Waals surface area contributed by atoms with E-state index >= 15 is 0 Å². The maximum atomic E-state index is 15.0. The maximum Gasteiger partial charge on any atom is 0.250 e. The minimum Gasteiger partial charge on any atom is -0.378 e.